The summed E-state index contributed by atoms with van der Waals surface area (Å²) in [6.45, 7) is 5.69. The van der Waals surface area contributed by atoms with Crippen molar-refractivity contribution in [1.82, 2.24) is 4.98 Å². The molecule has 0 aliphatic heterocycles. The van der Waals surface area contributed by atoms with Gasteiger partial charge in [-0.05, 0) is 31.5 Å². The molecule has 41 valence electrons. The molecule has 0 N–H and O–H groups in total. The van der Waals surface area contributed by atoms with Gasteiger partial charge in [-0.25, -0.2) is 0 Å². The molecule has 0 aromatic carbocycles. The Bertz CT molecular complexity index is 164. The second-order valence-electron chi connectivity index (χ2n) is 1.82. The predicted octanol–water partition coefficient (Wildman–Crippen LogP) is 1.57. The van der Waals surface area contributed by atoms with Gasteiger partial charge in [0.2, 0.25) is 0 Å². The number of nitrogens with zero attached hydrogens (tertiary/aromatic N) is 1. The molecule has 1 radical (unpaired) electrons. The molecule has 0 unspecified atom stereocenters. The first-order chi connectivity index (χ1) is 3.79. The fourth-order valence-electron chi connectivity index (χ4n) is 0.599. The minimum absolute atomic E-state index is 0.838. The molecular weight excluding hydrogens is 98.1 g/mol. The van der Waals surface area contributed by atoms with Crippen molar-refractivity contribution in [3.63, 3.8) is 0 Å². The van der Waals surface area contributed by atoms with Crippen molar-refractivity contribution in [3.05, 3.63) is 36.5 Å². The molecule has 1 heteroatoms. The SMILES string of the molecule is [CH2]c1cc(C)ccn1. The zero-order valence-electron chi connectivity index (χ0n) is 4.89. The Hall–Kier alpha value is -0.850. The summed E-state index contributed by atoms with van der Waals surface area (Å²) in [4.78, 5) is 3.93. The standard InChI is InChI=1S/C7H8N/c1-6-3-4-8-7(2)5-6/h3-5H,2H2,1H3. The van der Waals surface area contributed by atoms with Crippen molar-refractivity contribution in [2.45, 2.75) is 6.92 Å². The van der Waals surface area contributed by atoms with Gasteiger partial charge in [0.25, 0.3) is 0 Å². The molecule has 0 aliphatic carbocycles. The Labute approximate surface area is 49.4 Å². The summed E-state index contributed by atoms with van der Waals surface area (Å²) in [7, 11) is 0. The highest BCUT2D eigenvalue weighted by Crippen LogP contribution is 1.95. The minimum Gasteiger partial charge on any atom is -0.261 e. The van der Waals surface area contributed by atoms with Crippen molar-refractivity contribution in [1.29, 1.82) is 0 Å². The van der Waals surface area contributed by atoms with E-state index >= 15 is 0 Å². The van der Waals surface area contributed by atoms with Crippen LogP contribution in [0.15, 0.2) is 18.3 Å². The largest absolute Gasteiger partial charge is 0.261 e. The van der Waals surface area contributed by atoms with Crippen molar-refractivity contribution in [2.75, 3.05) is 0 Å². The van der Waals surface area contributed by atoms with E-state index < -0.39 is 0 Å². The van der Waals surface area contributed by atoms with Gasteiger partial charge in [-0.3, -0.25) is 4.98 Å². The first-order valence-corrected chi connectivity index (χ1v) is 2.53. The van der Waals surface area contributed by atoms with Gasteiger partial charge in [0.1, 0.15) is 0 Å². The molecule has 0 saturated carbocycles. The van der Waals surface area contributed by atoms with Crippen LogP contribution in [0.5, 0.6) is 0 Å². The van der Waals surface area contributed by atoms with E-state index in [0.717, 1.165) is 5.69 Å². The molecule has 1 rings (SSSR count). The molecule has 1 aromatic rings. The number of aromatic nitrogens is 1. The molecule has 1 heterocycles. The van der Waals surface area contributed by atoms with E-state index in [-0.39, 0.29) is 0 Å². The zero-order valence-corrected chi connectivity index (χ0v) is 4.89. The first kappa shape index (κ1) is 5.29. The van der Waals surface area contributed by atoms with Gasteiger partial charge < -0.3 is 0 Å². The Morgan fingerprint density at radius 3 is 2.75 bits per heavy atom. The normalized spacial score (nSPS) is 9.25. The third-order valence-corrected chi connectivity index (χ3v) is 0.972. The molecule has 0 amide bonds. The number of hydrogen-bond donors (Lipinski definition) is 0. The first-order valence-electron chi connectivity index (χ1n) is 2.53. The topological polar surface area (TPSA) is 12.9 Å². The van der Waals surface area contributed by atoms with Crippen LogP contribution >= 0.6 is 0 Å². The molecule has 0 atom stereocenters. The van der Waals surface area contributed by atoms with Crippen LogP contribution in [0.25, 0.3) is 0 Å². The molecule has 0 aliphatic rings. The molecule has 8 heavy (non-hydrogen) atoms. The van der Waals surface area contributed by atoms with Gasteiger partial charge in [0.15, 0.2) is 0 Å². The lowest BCUT2D eigenvalue weighted by atomic mass is 10.3. The number of rotatable bonds is 0. The fraction of sp³-hybridized carbons (Fsp3) is 0.143. The molecule has 0 bridgehead atoms. The van der Waals surface area contributed by atoms with Crippen LogP contribution in [0.3, 0.4) is 0 Å². The van der Waals surface area contributed by atoms with E-state index in [1.54, 1.807) is 6.20 Å². The quantitative estimate of drug-likeness (QED) is 0.489. The maximum Gasteiger partial charge on any atom is 0.0410 e. The molecule has 0 spiro atoms. The number of hydrogen-bond acceptors (Lipinski definition) is 1. The van der Waals surface area contributed by atoms with Crippen LogP contribution in [-0.2, 0) is 0 Å². The van der Waals surface area contributed by atoms with E-state index in [1.807, 2.05) is 19.1 Å². The van der Waals surface area contributed by atoms with Crippen LogP contribution in [0, 0.1) is 13.8 Å². The summed E-state index contributed by atoms with van der Waals surface area (Å²) in [5.41, 5.74) is 2.05. The van der Waals surface area contributed by atoms with Gasteiger partial charge in [-0.2, -0.15) is 0 Å². The Kier molecular flexibility index (Phi) is 1.29. The number of aryl methyl sites for hydroxylation is 1. The molecular formula is C7H8N. The van der Waals surface area contributed by atoms with Crippen LogP contribution in [0.1, 0.15) is 11.3 Å². The number of pyridine rings is 1. The highest BCUT2D eigenvalue weighted by molar-refractivity contribution is 5.15. The van der Waals surface area contributed by atoms with Crippen molar-refractivity contribution in [3.8, 4) is 0 Å². The summed E-state index contributed by atoms with van der Waals surface area (Å²) in [5, 5.41) is 0. The maximum atomic E-state index is 3.93. The van der Waals surface area contributed by atoms with Gasteiger partial charge in [0.05, 0.1) is 0 Å². The average Bonchev–Trinajstić information content (AvgIpc) is 1.64. The van der Waals surface area contributed by atoms with Crippen LogP contribution in [0.4, 0.5) is 0 Å². The van der Waals surface area contributed by atoms with Gasteiger partial charge >= 0.3 is 0 Å². The summed E-state index contributed by atoms with van der Waals surface area (Å²) < 4.78 is 0. The van der Waals surface area contributed by atoms with Crippen LogP contribution in [-0.4, -0.2) is 4.98 Å². The summed E-state index contributed by atoms with van der Waals surface area (Å²) in [6.07, 6.45) is 1.76. The molecule has 0 fully saturated rings. The van der Waals surface area contributed by atoms with Gasteiger partial charge in [-0.15, -0.1) is 0 Å². The Morgan fingerprint density at radius 1 is 1.62 bits per heavy atom. The molecule has 0 saturated heterocycles. The van der Waals surface area contributed by atoms with Gasteiger partial charge in [-0.1, -0.05) is 0 Å². The van der Waals surface area contributed by atoms with E-state index in [9.17, 15) is 0 Å². The van der Waals surface area contributed by atoms with E-state index in [0.29, 0.717) is 0 Å². The zero-order chi connectivity index (χ0) is 5.98. The predicted molar refractivity (Wildman–Crippen MR) is 33.4 cm³/mol. The highest BCUT2D eigenvalue weighted by Gasteiger charge is 1.82. The second kappa shape index (κ2) is 1.95. The van der Waals surface area contributed by atoms with Crippen LogP contribution in [0.2, 0.25) is 0 Å². The average molecular weight is 106 g/mol. The van der Waals surface area contributed by atoms with Crippen molar-refractivity contribution in [2.24, 2.45) is 0 Å². The van der Waals surface area contributed by atoms with E-state index in [4.69, 9.17) is 0 Å². The summed E-state index contributed by atoms with van der Waals surface area (Å²) in [6, 6.07) is 3.90. The maximum absolute atomic E-state index is 3.93. The third kappa shape index (κ3) is 1.06. The van der Waals surface area contributed by atoms with Crippen molar-refractivity contribution >= 4 is 0 Å². The Balaban J connectivity index is 3.08. The second-order valence-corrected chi connectivity index (χ2v) is 1.82. The lowest BCUT2D eigenvalue weighted by Gasteiger charge is -1.89. The minimum atomic E-state index is 0.838. The molecule has 1 nitrogen and oxygen atoms in total. The highest BCUT2D eigenvalue weighted by atomic mass is 14.6. The van der Waals surface area contributed by atoms with Gasteiger partial charge in [0, 0.05) is 11.9 Å². The Morgan fingerprint density at radius 2 is 2.38 bits per heavy atom. The molecule has 1 aromatic heterocycles. The monoisotopic (exact) mass is 106 g/mol. The lowest BCUT2D eigenvalue weighted by molar-refractivity contribution is 1.23. The van der Waals surface area contributed by atoms with Crippen LogP contribution < -0.4 is 0 Å². The van der Waals surface area contributed by atoms with E-state index in [2.05, 4.69) is 11.9 Å². The lowest BCUT2D eigenvalue weighted by Crippen LogP contribution is -1.78. The third-order valence-electron chi connectivity index (χ3n) is 0.972. The fourth-order valence-corrected chi connectivity index (χ4v) is 0.599. The summed E-state index contributed by atoms with van der Waals surface area (Å²) in [5.74, 6) is 0. The van der Waals surface area contributed by atoms with Crippen molar-refractivity contribution < 1.29 is 0 Å². The smallest absolute Gasteiger partial charge is 0.0410 e. The van der Waals surface area contributed by atoms with E-state index in [1.165, 1.54) is 5.56 Å². The summed E-state index contributed by atoms with van der Waals surface area (Å²) >= 11 is 0.